The van der Waals surface area contributed by atoms with Gasteiger partial charge in [0.25, 0.3) is 11.8 Å². The Balaban J connectivity index is 1.59. The number of barbiturate groups is 1. The molecule has 8 heteroatoms. The minimum absolute atomic E-state index is 0.0719. The van der Waals surface area contributed by atoms with Crippen LogP contribution in [0.3, 0.4) is 0 Å². The van der Waals surface area contributed by atoms with Crippen molar-refractivity contribution in [1.82, 2.24) is 9.88 Å². The van der Waals surface area contributed by atoms with Crippen molar-refractivity contribution in [3.05, 3.63) is 59.8 Å². The maximum Gasteiger partial charge on any atom is 0.335 e. The van der Waals surface area contributed by atoms with E-state index >= 15 is 0 Å². The third kappa shape index (κ3) is 3.04. The predicted octanol–water partition coefficient (Wildman–Crippen LogP) is 3.62. The number of nitrogens with one attached hydrogen (secondary N) is 1. The number of amides is 4. The minimum Gasteiger partial charge on any atom is -0.454 e. The van der Waals surface area contributed by atoms with Gasteiger partial charge in [-0.25, -0.2) is 9.69 Å². The number of imide groups is 2. The quantitative estimate of drug-likeness (QED) is 0.519. The summed E-state index contributed by atoms with van der Waals surface area (Å²) in [6.45, 7) is 4.19. The highest BCUT2D eigenvalue weighted by Crippen LogP contribution is 2.36. The lowest BCUT2D eigenvalue weighted by atomic mass is 10.1. The number of hydrogen-bond donors (Lipinski definition) is 1. The molecule has 3 aromatic rings. The second kappa shape index (κ2) is 7.02. The van der Waals surface area contributed by atoms with Gasteiger partial charge < -0.3 is 14.0 Å². The molecular formula is C23H19N3O5. The third-order valence-electron chi connectivity index (χ3n) is 5.34. The fraction of sp³-hybridized carbons (Fsp3) is 0.174. The number of aromatic nitrogens is 1. The molecule has 0 saturated carbocycles. The van der Waals surface area contributed by atoms with E-state index in [2.05, 4.69) is 23.7 Å². The van der Waals surface area contributed by atoms with Crippen molar-refractivity contribution in [2.24, 2.45) is 0 Å². The number of anilines is 1. The van der Waals surface area contributed by atoms with E-state index in [0.29, 0.717) is 11.5 Å². The van der Waals surface area contributed by atoms with E-state index in [0.717, 1.165) is 21.4 Å². The van der Waals surface area contributed by atoms with Gasteiger partial charge in [-0.2, -0.15) is 0 Å². The molecule has 0 radical (unpaired) electrons. The molecule has 4 amide bonds. The van der Waals surface area contributed by atoms with Gasteiger partial charge >= 0.3 is 6.03 Å². The highest BCUT2D eigenvalue weighted by molar-refractivity contribution is 6.39. The van der Waals surface area contributed by atoms with E-state index < -0.39 is 17.8 Å². The minimum atomic E-state index is -0.810. The summed E-state index contributed by atoms with van der Waals surface area (Å²) < 4.78 is 12.7. The van der Waals surface area contributed by atoms with Gasteiger partial charge in [-0.05, 0) is 38.1 Å². The first-order valence-corrected chi connectivity index (χ1v) is 9.84. The third-order valence-corrected chi connectivity index (χ3v) is 5.34. The normalized spacial score (nSPS) is 17.2. The van der Waals surface area contributed by atoms with E-state index in [9.17, 15) is 14.4 Å². The lowest BCUT2D eigenvalue weighted by Crippen LogP contribution is -2.54. The van der Waals surface area contributed by atoms with E-state index in [-0.39, 0.29) is 24.1 Å². The first-order valence-electron chi connectivity index (χ1n) is 9.84. The van der Waals surface area contributed by atoms with Gasteiger partial charge in [-0.3, -0.25) is 14.9 Å². The number of rotatable bonds is 3. The number of para-hydroxylation sites is 1. The van der Waals surface area contributed by atoms with Gasteiger partial charge in [0, 0.05) is 34.8 Å². The Hall–Kier alpha value is -4.07. The van der Waals surface area contributed by atoms with Crippen molar-refractivity contribution >= 4 is 40.5 Å². The van der Waals surface area contributed by atoms with E-state index in [4.69, 9.17) is 9.47 Å². The number of nitrogens with zero attached hydrogens (tertiary/aromatic N) is 2. The highest BCUT2D eigenvalue weighted by atomic mass is 16.7. The Labute approximate surface area is 177 Å². The first kappa shape index (κ1) is 18.9. The molecule has 1 N–H and O–H groups in total. The van der Waals surface area contributed by atoms with Gasteiger partial charge in [-0.15, -0.1) is 0 Å². The van der Waals surface area contributed by atoms with E-state index in [1.807, 2.05) is 30.5 Å². The number of ether oxygens (including phenoxy) is 2. The molecule has 3 heterocycles. The van der Waals surface area contributed by atoms with Crippen molar-refractivity contribution in [2.75, 3.05) is 11.7 Å². The molecule has 8 nitrogen and oxygen atoms in total. The van der Waals surface area contributed by atoms with Gasteiger partial charge in [0.05, 0.1) is 5.69 Å². The van der Waals surface area contributed by atoms with E-state index in [1.54, 1.807) is 12.1 Å². The topological polar surface area (TPSA) is 89.9 Å². The van der Waals surface area contributed by atoms with Gasteiger partial charge in [-0.1, -0.05) is 18.2 Å². The molecule has 0 bridgehead atoms. The van der Waals surface area contributed by atoms with Crippen molar-refractivity contribution in [1.29, 1.82) is 0 Å². The zero-order chi connectivity index (χ0) is 21.7. The van der Waals surface area contributed by atoms with Gasteiger partial charge in [0.15, 0.2) is 11.5 Å². The molecule has 156 valence electrons. The molecule has 1 saturated heterocycles. The molecule has 31 heavy (non-hydrogen) atoms. The molecule has 0 spiro atoms. The molecule has 5 rings (SSSR count). The summed E-state index contributed by atoms with van der Waals surface area (Å²) in [5.74, 6) is -0.468. The largest absolute Gasteiger partial charge is 0.454 e. The van der Waals surface area contributed by atoms with Crippen LogP contribution in [0, 0.1) is 0 Å². The van der Waals surface area contributed by atoms with Crippen molar-refractivity contribution in [3.63, 3.8) is 0 Å². The summed E-state index contributed by atoms with van der Waals surface area (Å²) in [6, 6.07) is 11.9. The molecule has 1 aromatic heterocycles. The molecule has 0 aliphatic carbocycles. The molecule has 2 aliphatic heterocycles. The lowest BCUT2D eigenvalue weighted by molar-refractivity contribution is -0.122. The fourth-order valence-electron chi connectivity index (χ4n) is 3.85. The average molecular weight is 417 g/mol. The monoisotopic (exact) mass is 417 g/mol. The number of benzene rings is 2. The predicted molar refractivity (Wildman–Crippen MR) is 114 cm³/mol. The van der Waals surface area contributed by atoms with Crippen LogP contribution in [0.4, 0.5) is 10.5 Å². The maximum atomic E-state index is 13.2. The lowest BCUT2D eigenvalue weighted by Gasteiger charge is -2.26. The second-order valence-electron chi connectivity index (χ2n) is 7.60. The standard InChI is InChI=1S/C23H19N3O5/c1-13(2)25-11-14(16-5-3-4-6-18(16)25)9-17-21(27)24-23(29)26(22(17)28)15-7-8-19-20(10-15)31-12-30-19/h3-11,13H,12H2,1-2H3,(H,24,27,29)/b17-9+. The SMILES string of the molecule is CC(C)n1cc(/C=C2\C(=O)NC(=O)N(c3ccc4c(c3)OCO4)C2=O)c2ccccc21. The highest BCUT2D eigenvalue weighted by Gasteiger charge is 2.37. The molecule has 2 aromatic carbocycles. The van der Waals surface area contributed by atoms with Gasteiger partial charge in [0.2, 0.25) is 6.79 Å². The van der Waals surface area contributed by atoms with Crippen LogP contribution in [0.15, 0.2) is 54.2 Å². The Bertz CT molecular complexity index is 1290. The number of urea groups is 1. The molecule has 2 aliphatic rings. The smallest absolute Gasteiger partial charge is 0.335 e. The summed E-state index contributed by atoms with van der Waals surface area (Å²) >= 11 is 0. The summed E-state index contributed by atoms with van der Waals surface area (Å²) in [6.07, 6.45) is 3.44. The number of hydrogen-bond acceptors (Lipinski definition) is 5. The van der Waals surface area contributed by atoms with Crippen molar-refractivity contribution in [2.45, 2.75) is 19.9 Å². The second-order valence-corrected chi connectivity index (χ2v) is 7.60. The number of carbonyl (C=O) groups excluding carboxylic acids is 3. The molecular weight excluding hydrogens is 398 g/mol. The maximum absolute atomic E-state index is 13.2. The van der Waals surface area contributed by atoms with Crippen molar-refractivity contribution < 1.29 is 23.9 Å². The van der Waals surface area contributed by atoms with Crippen LogP contribution in [-0.4, -0.2) is 29.2 Å². The average Bonchev–Trinajstić information content (AvgIpc) is 3.35. The van der Waals surface area contributed by atoms with Crippen LogP contribution in [0.5, 0.6) is 11.5 Å². The summed E-state index contributed by atoms with van der Waals surface area (Å²) in [4.78, 5) is 39.2. The van der Waals surface area contributed by atoms with Crippen LogP contribution in [0.1, 0.15) is 25.5 Å². The fourth-order valence-corrected chi connectivity index (χ4v) is 3.85. The molecule has 0 unspecified atom stereocenters. The van der Waals surface area contributed by atoms with Crippen LogP contribution in [0.2, 0.25) is 0 Å². The summed E-state index contributed by atoms with van der Waals surface area (Å²) in [7, 11) is 0. The van der Waals surface area contributed by atoms with Crippen LogP contribution in [-0.2, 0) is 9.59 Å². The van der Waals surface area contributed by atoms with Crippen molar-refractivity contribution in [3.8, 4) is 11.5 Å². The van der Waals surface area contributed by atoms with E-state index in [1.165, 1.54) is 12.1 Å². The number of fused-ring (bicyclic) bond motifs is 2. The van der Waals surface area contributed by atoms with Gasteiger partial charge in [0.1, 0.15) is 5.57 Å². The van der Waals surface area contributed by atoms with Crippen LogP contribution >= 0.6 is 0 Å². The summed E-state index contributed by atoms with van der Waals surface area (Å²) in [5, 5.41) is 3.17. The summed E-state index contributed by atoms with van der Waals surface area (Å²) in [5.41, 5.74) is 1.89. The molecule has 1 fully saturated rings. The first-order chi connectivity index (χ1) is 14.9. The Morgan fingerprint density at radius 3 is 2.61 bits per heavy atom. The van der Waals surface area contributed by atoms with Crippen LogP contribution in [0.25, 0.3) is 17.0 Å². The zero-order valence-electron chi connectivity index (χ0n) is 16.9. The Kier molecular flexibility index (Phi) is 4.28. The Morgan fingerprint density at radius 2 is 1.81 bits per heavy atom. The molecule has 0 atom stereocenters. The zero-order valence-corrected chi connectivity index (χ0v) is 16.9. The Morgan fingerprint density at radius 1 is 1.03 bits per heavy atom. The van der Waals surface area contributed by atoms with Crippen LogP contribution < -0.4 is 19.7 Å². The number of carbonyl (C=O) groups is 3.